The third-order valence-corrected chi connectivity index (χ3v) is 2.52. The Balaban J connectivity index is 2.07. The minimum atomic E-state index is 0.651. The molecule has 3 heteroatoms. The number of hydrogen-bond acceptors (Lipinski definition) is 3. The van der Waals surface area contributed by atoms with Crippen molar-refractivity contribution in [2.75, 3.05) is 0 Å². The summed E-state index contributed by atoms with van der Waals surface area (Å²) in [4.78, 5) is 4.27. The topological polar surface area (TPSA) is 38.9 Å². The Bertz CT molecular complexity index is 432. The van der Waals surface area contributed by atoms with E-state index in [1.54, 1.807) is 12.5 Å². The molecule has 0 spiro atoms. The summed E-state index contributed by atoms with van der Waals surface area (Å²) >= 11 is 0. The highest BCUT2D eigenvalue weighted by molar-refractivity contribution is 5.59. The summed E-state index contributed by atoms with van der Waals surface area (Å²) in [5.74, 6) is 0.651. The molecule has 0 amide bonds. The average molecular weight is 186 g/mol. The van der Waals surface area contributed by atoms with E-state index < -0.39 is 0 Å². The van der Waals surface area contributed by atoms with Gasteiger partial charge in [-0.15, -0.1) is 0 Å². The Kier molecular flexibility index (Phi) is 1.63. The third-order valence-electron chi connectivity index (χ3n) is 2.52. The first-order valence-corrected chi connectivity index (χ1v) is 4.81. The van der Waals surface area contributed by atoms with Gasteiger partial charge in [-0.05, 0) is 30.9 Å². The first-order chi connectivity index (χ1) is 6.95. The molecule has 14 heavy (non-hydrogen) atoms. The summed E-state index contributed by atoms with van der Waals surface area (Å²) in [6.07, 6.45) is 6.03. The number of aromatic nitrogens is 2. The SMILES string of the molecule is c1ccc(-c2nocc2C2CC2)nc1. The summed E-state index contributed by atoms with van der Waals surface area (Å²) in [5.41, 5.74) is 3.03. The van der Waals surface area contributed by atoms with Crippen LogP contribution in [0.25, 0.3) is 11.4 Å². The monoisotopic (exact) mass is 186 g/mol. The predicted octanol–water partition coefficient (Wildman–Crippen LogP) is 2.61. The summed E-state index contributed by atoms with van der Waals surface area (Å²) in [5, 5.41) is 4.01. The van der Waals surface area contributed by atoms with E-state index in [9.17, 15) is 0 Å². The van der Waals surface area contributed by atoms with Crippen LogP contribution in [-0.2, 0) is 0 Å². The quantitative estimate of drug-likeness (QED) is 0.723. The van der Waals surface area contributed by atoms with Gasteiger partial charge in [-0.3, -0.25) is 4.98 Å². The molecule has 0 N–H and O–H groups in total. The van der Waals surface area contributed by atoms with Crippen molar-refractivity contribution in [3.63, 3.8) is 0 Å². The molecule has 0 aromatic carbocycles. The zero-order valence-corrected chi connectivity index (χ0v) is 7.68. The second-order valence-electron chi connectivity index (χ2n) is 3.61. The molecule has 0 aliphatic heterocycles. The van der Waals surface area contributed by atoms with Gasteiger partial charge < -0.3 is 4.52 Å². The van der Waals surface area contributed by atoms with Crippen LogP contribution in [-0.4, -0.2) is 10.1 Å². The number of hydrogen-bond donors (Lipinski definition) is 0. The van der Waals surface area contributed by atoms with Crippen molar-refractivity contribution >= 4 is 0 Å². The average Bonchev–Trinajstić information content (AvgIpc) is 2.98. The molecular formula is C11H10N2O. The first kappa shape index (κ1) is 7.74. The largest absolute Gasteiger partial charge is 0.364 e. The van der Waals surface area contributed by atoms with Gasteiger partial charge in [0.15, 0.2) is 0 Å². The van der Waals surface area contributed by atoms with E-state index in [1.807, 2.05) is 18.2 Å². The summed E-state index contributed by atoms with van der Waals surface area (Å²) in [6.45, 7) is 0. The molecule has 2 heterocycles. The first-order valence-electron chi connectivity index (χ1n) is 4.81. The highest BCUT2D eigenvalue weighted by atomic mass is 16.5. The maximum Gasteiger partial charge on any atom is 0.135 e. The van der Waals surface area contributed by atoms with Crippen molar-refractivity contribution in [2.45, 2.75) is 18.8 Å². The van der Waals surface area contributed by atoms with E-state index >= 15 is 0 Å². The van der Waals surface area contributed by atoms with E-state index in [0.717, 1.165) is 11.4 Å². The van der Waals surface area contributed by atoms with Gasteiger partial charge in [0.1, 0.15) is 12.0 Å². The van der Waals surface area contributed by atoms with Crippen LogP contribution in [0.15, 0.2) is 35.2 Å². The molecule has 3 nitrogen and oxygen atoms in total. The van der Waals surface area contributed by atoms with Crippen molar-refractivity contribution in [2.24, 2.45) is 0 Å². The lowest BCUT2D eigenvalue weighted by Crippen LogP contribution is -1.86. The summed E-state index contributed by atoms with van der Waals surface area (Å²) < 4.78 is 5.01. The normalized spacial score (nSPS) is 15.7. The van der Waals surface area contributed by atoms with Crippen molar-refractivity contribution < 1.29 is 4.52 Å². The van der Waals surface area contributed by atoms with Crippen LogP contribution in [0.5, 0.6) is 0 Å². The number of nitrogens with zero attached hydrogens (tertiary/aromatic N) is 2. The molecule has 0 radical (unpaired) electrons. The van der Waals surface area contributed by atoms with Gasteiger partial charge in [0, 0.05) is 11.8 Å². The Morgan fingerprint density at radius 2 is 2.21 bits per heavy atom. The fourth-order valence-corrected chi connectivity index (χ4v) is 1.63. The molecule has 0 saturated heterocycles. The standard InChI is InChI=1S/C11H10N2O/c1-2-6-12-10(3-1)11-9(7-14-13-11)8-4-5-8/h1-3,6-8H,4-5H2. The van der Waals surface area contributed by atoms with Crippen molar-refractivity contribution in [1.29, 1.82) is 0 Å². The predicted molar refractivity (Wildman–Crippen MR) is 51.7 cm³/mol. The van der Waals surface area contributed by atoms with Crippen LogP contribution in [0.3, 0.4) is 0 Å². The van der Waals surface area contributed by atoms with Crippen LogP contribution in [0.4, 0.5) is 0 Å². The Hall–Kier alpha value is -1.64. The molecular weight excluding hydrogens is 176 g/mol. The van der Waals surface area contributed by atoms with Crippen molar-refractivity contribution in [3.05, 3.63) is 36.2 Å². The van der Waals surface area contributed by atoms with Gasteiger partial charge in [-0.1, -0.05) is 11.2 Å². The van der Waals surface area contributed by atoms with Crippen LogP contribution in [0, 0.1) is 0 Å². The maximum absolute atomic E-state index is 5.01. The smallest absolute Gasteiger partial charge is 0.135 e. The van der Waals surface area contributed by atoms with Crippen LogP contribution in [0.1, 0.15) is 24.3 Å². The van der Waals surface area contributed by atoms with Crippen LogP contribution in [0.2, 0.25) is 0 Å². The van der Waals surface area contributed by atoms with Crippen molar-refractivity contribution in [3.8, 4) is 11.4 Å². The lowest BCUT2D eigenvalue weighted by molar-refractivity contribution is 0.421. The van der Waals surface area contributed by atoms with Crippen molar-refractivity contribution in [1.82, 2.24) is 10.1 Å². The van der Waals surface area contributed by atoms with E-state index in [-0.39, 0.29) is 0 Å². The van der Waals surface area contributed by atoms with Gasteiger partial charge in [0.05, 0.1) is 5.69 Å². The lowest BCUT2D eigenvalue weighted by Gasteiger charge is -1.96. The fourth-order valence-electron chi connectivity index (χ4n) is 1.63. The molecule has 2 aromatic rings. The highest BCUT2D eigenvalue weighted by Gasteiger charge is 2.29. The summed E-state index contributed by atoms with van der Waals surface area (Å²) in [6, 6.07) is 5.83. The van der Waals surface area contributed by atoms with Gasteiger partial charge >= 0.3 is 0 Å². The zero-order valence-electron chi connectivity index (χ0n) is 7.68. The van der Waals surface area contributed by atoms with E-state index in [4.69, 9.17) is 4.52 Å². The van der Waals surface area contributed by atoms with E-state index in [1.165, 1.54) is 18.4 Å². The Morgan fingerprint density at radius 3 is 2.93 bits per heavy atom. The minimum absolute atomic E-state index is 0.651. The molecule has 1 aliphatic carbocycles. The molecule has 0 unspecified atom stereocenters. The summed E-state index contributed by atoms with van der Waals surface area (Å²) in [7, 11) is 0. The number of pyridine rings is 1. The van der Waals surface area contributed by atoms with Gasteiger partial charge in [-0.2, -0.15) is 0 Å². The fraction of sp³-hybridized carbons (Fsp3) is 0.273. The molecule has 0 atom stereocenters. The molecule has 1 fully saturated rings. The van der Waals surface area contributed by atoms with Gasteiger partial charge in [-0.25, -0.2) is 0 Å². The Morgan fingerprint density at radius 1 is 1.29 bits per heavy atom. The maximum atomic E-state index is 5.01. The highest BCUT2D eigenvalue weighted by Crippen LogP contribution is 2.43. The van der Waals surface area contributed by atoms with Gasteiger partial charge in [0.25, 0.3) is 0 Å². The van der Waals surface area contributed by atoms with Gasteiger partial charge in [0.2, 0.25) is 0 Å². The third kappa shape index (κ3) is 1.21. The molecule has 0 bridgehead atoms. The van der Waals surface area contributed by atoms with E-state index in [2.05, 4.69) is 10.1 Å². The van der Waals surface area contributed by atoms with Crippen LogP contribution < -0.4 is 0 Å². The zero-order chi connectivity index (χ0) is 9.38. The lowest BCUT2D eigenvalue weighted by atomic mass is 10.1. The molecule has 1 saturated carbocycles. The van der Waals surface area contributed by atoms with E-state index in [0.29, 0.717) is 5.92 Å². The second kappa shape index (κ2) is 2.94. The van der Waals surface area contributed by atoms with Crippen LogP contribution >= 0.6 is 0 Å². The number of rotatable bonds is 2. The Labute approximate surface area is 81.8 Å². The second-order valence-corrected chi connectivity index (χ2v) is 3.61. The molecule has 2 aromatic heterocycles. The minimum Gasteiger partial charge on any atom is -0.364 e. The molecule has 3 rings (SSSR count). The molecule has 70 valence electrons. The molecule has 1 aliphatic rings.